The van der Waals surface area contributed by atoms with Crippen LogP contribution >= 0.6 is 0 Å². The number of fused-ring (bicyclic) bond motifs is 3. The molecule has 9 atom stereocenters. The van der Waals surface area contributed by atoms with E-state index in [1.165, 1.54) is 19.4 Å². The molecule has 6 rings (SSSR count). The number of furan rings is 1. The second-order valence-electron chi connectivity index (χ2n) is 12.0. The molecule has 1 spiro atoms. The van der Waals surface area contributed by atoms with Crippen LogP contribution in [0.5, 0.6) is 0 Å². The molecule has 3 aliphatic heterocycles. The Labute approximate surface area is 209 Å². The van der Waals surface area contributed by atoms with Gasteiger partial charge in [0.25, 0.3) is 0 Å². The summed E-state index contributed by atoms with van der Waals surface area (Å²) in [7, 11) is 1.30. The number of aliphatic hydroxyl groups excluding tert-OH is 1. The van der Waals surface area contributed by atoms with Crippen LogP contribution in [0, 0.1) is 28.1 Å². The van der Waals surface area contributed by atoms with Gasteiger partial charge in [-0.15, -0.1) is 0 Å². The van der Waals surface area contributed by atoms with Crippen LogP contribution in [0.25, 0.3) is 0 Å². The van der Waals surface area contributed by atoms with Gasteiger partial charge < -0.3 is 28.5 Å². The fourth-order valence-corrected chi connectivity index (χ4v) is 8.77. The van der Waals surface area contributed by atoms with Gasteiger partial charge in [-0.1, -0.05) is 19.9 Å². The predicted molar refractivity (Wildman–Crippen MR) is 122 cm³/mol. The van der Waals surface area contributed by atoms with E-state index < -0.39 is 63.6 Å². The maximum atomic E-state index is 14.1. The summed E-state index contributed by atoms with van der Waals surface area (Å²) in [5, 5.41) is 11.8. The lowest BCUT2D eigenvalue weighted by molar-refractivity contribution is -0.231. The quantitative estimate of drug-likeness (QED) is 0.379. The Morgan fingerprint density at radius 2 is 1.94 bits per heavy atom. The Morgan fingerprint density at radius 1 is 1.19 bits per heavy atom. The van der Waals surface area contributed by atoms with Crippen LogP contribution in [0.15, 0.2) is 35.2 Å². The summed E-state index contributed by atoms with van der Waals surface area (Å²) in [5.41, 5.74) is -4.05. The van der Waals surface area contributed by atoms with Crippen molar-refractivity contribution in [3.05, 3.63) is 36.3 Å². The molecule has 194 valence electrons. The van der Waals surface area contributed by atoms with Crippen molar-refractivity contribution in [2.45, 2.75) is 70.1 Å². The average Bonchev–Trinajstić information content (AvgIpc) is 3.29. The molecule has 1 N–H and O–H groups in total. The normalized spacial score (nSPS) is 48.4. The van der Waals surface area contributed by atoms with Gasteiger partial charge >= 0.3 is 11.9 Å². The molecule has 36 heavy (non-hydrogen) atoms. The molecule has 2 aliphatic carbocycles. The van der Waals surface area contributed by atoms with Gasteiger partial charge in [0.2, 0.25) is 0 Å². The van der Waals surface area contributed by atoms with Crippen molar-refractivity contribution in [1.29, 1.82) is 0 Å². The van der Waals surface area contributed by atoms with Crippen LogP contribution in [0.3, 0.4) is 0 Å². The minimum atomic E-state index is -1.39. The van der Waals surface area contributed by atoms with E-state index >= 15 is 0 Å². The predicted octanol–water partition coefficient (Wildman–Crippen LogP) is 2.52. The highest BCUT2D eigenvalue weighted by molar-refractivity contribution is 5.92. The molecule has 9 heteroatoms. The third-order valence-electron chi connectivity index (χ3n) is 10.2. The first-order valence-electron chi connectivity index (χ1n) is 12.4. The minimum Gasteiger partial charge on any atom is -0.472 e. The third kappa shape index (κ3) is 2.49. The van der Waals surface area contributed by atoms with Crippen molar-refractivity contribution < 1.29 is 42.9 Å². The monoisotopic (exact) mass is 500 g/mol. The van der Waals surface area contributed by atoms with Gasteiger partial charge in [0.1, 0.15) is 17.8 Å². The molecule has 0 aromatic carbocycles. The highest BCUT2D eigenvalue weighted by Gasteiger charge is 2.89. The topological polar surface area (TPSA) is 125 Å². The van der Waals surface area contributed by atoms with Crippen LogP contribution in [0.4, 0.5) is 0 Å². The lowest BCUT2D eigenvalue weighted by Gasteiger charge is -2.65. The van der Waals surface area contributed by atoms with Gasteiger partial charge in [-0.2, -0.15) is 0 Å². The zero-order valence-electron chi connectivity index (χ0n) is 21.1. The number of hydrogen-bond acceptors (Lipinski definition) is 9. The molecular formula is C27H32O9. The molecule has 0 bridgehead atoms. The Morgan fingerprint density at radius 3 is 2.61 bits per heavy atom. The molecule has 5 fully saturated rings. The van der Waals surface area contributed by atoms with Crippen molar-refractivity contribution in [2.75, 3.05) is 13.7 Å². The van der Waals surface area contributed by atoms with Crippen molar-refractivity contribution in [1.82, 2.24) is 0 Å². The maximum absolute atomic E-state index is 14.1. The Hall–Kier alpha value is -2.49. The molecule has 1 aromatic rings. The van der Waals surface area contributed by atoms with Gasteiger partial charge in [-0.05, 0) is 38.7 Å². The summed E-state index contributed by atoms with van der Waals surface area (Å²) < 4.78 is 28.6. The zero-order valence-corrected chi connectivity index (χ0v) is 21.1. The van der Waals surface area contributed by atoms with Crippen molar-refractivity contribution in [2.24, 2.45) is 28.1 Å². The van der Waals surface area contributed by atoms with Crippen LogP contribution < -0.4 is 0 Å². The maximum Gasteiger partial charge on any atom is 0.339 e. The summed E-state index contributed by atoms with van der Waals surface area (Å²) in [6.07, 6.45) is 4.44. The number of ether oxygens (including phenoxy) is 4. The molecule has 5 aliphatic rings. The van der Waals surface area contributed by atoms with Gasteiger partial charge in [-0.25, -0.2) is 9.59 Å². The number of rotatable bonds is 3. The number of aliphatic hydroxyl groups is 1. The highest BCUT2D eigenvalue weighted by Crippen LogP contribution is 2.79. The second-order valence-corrected chi connectivity index (χ2v) is 12.0. The second kappa shape index (κ2) is 7.08. The minimum absolute atomic E-state index is 0.198. The van der Waals surface area contributed by atoms with E-state index in [4.69, 9.17) is 23.4 Å². The fourth-order valence-electron chi connectivity index (χ4n) is 8.77. The van der Waals surface area contributed by atoms with Gasteiger partial charge in [0.15, 0.2) is 11.9 Å². The number of epoxide rings is 1. The van der Waals surface area contributed by atoms with Gasteiger partial charge in [0, 0.05) is 27.9 Å². The van der Waals surface area contributed by atoms with E-state index in [0.29, 0.717) is 18.4 Å². The van der Waals surface area contributed by atoms with Crippen molar-refractivity contribution in [3.8, 4) is 0 Å². The molecule has 1 unspecified atom stereocenters. The van der Waals surface area contributed by atoms with Gasteiger partial charge in [-0.3, -0.25) is 4.79 Å². The largest absolute Gasteiger partial charge is 0.472 e. The number of cyclic esters (lactones) is 1. The summed E-state index contributed by atoms with van der Waals surface area (Å²) in [6, 6.07) is 1.76. The van der Waals surface area contributed by atoms with Crippen LogP contribution in [0.1, 0.15) is 52.2 Å². The van der Waals surface area contributed by atoms with Crippen molar-refractivity contribution in [3.63, 3.8) is 0 Å². The summed E-state index contributed by atoms with van der Waals surface area (Å²) in [4.78, 5) is 39.4. The van der Waals surface area contributed by atoms with Crippen LogP contribution in [0.2, 0.25) is 0 Å². The number of Topliss-reactive ketones (excluding diaryl/α,β-unsaturated/α-hetero) is 1. The number of ketones is 1. The Balaban J connectivity index is 1.55. The first kappa shape index (κ1) is 23.9. The molecule has 1 aromatic heterocycles. The smallest absolute Gasteiger partial charge is 0.339 e. The molecule has 0 amide bonds. The number of carbonyl (C=O) groups is 3. The third-order valence-corrected chi connectivity index (χ3v) is 10.2. The van der Waals surface area contributed by atoms with E-state index in [-0.39, 0.29) is 18.3 Å². The van der Waals surface area contributed by atoms with E-state index in [1.54, 1.807) is 18.4 Å². The standard InChI is InChI=1S/C27H32O9/c1-23(2)18-17(29)19(30)25(4)15(26(18,13-34-23)10-7-16(28)32-5)6-9-24(3)20(14-8-11-33-12-14)35-22(31)21-27(24,25)36-21/h7-8,10-12,15,18-21,30H,6,9,13H2,1-5H3/t15?,18-,19-,20-,21+,24-,25-,26-,27+/m0/s1. The van der Waals surface area contributed by atoms with Gasteiger partial charge in [0.05, 0.1) is 37.8 Å². The van der Waals surface area contributed by atoms with E-state index in [1.807, 2.05) is 27.7 Å². The summed E-state index contributed by atoms with van der Waals surface area (Å²) >= 11 is 0. The average molecular weight is 501 g/mol. The lowest BCUT2D eigenvalue weighted by atomic mass is 9.37. The first-order chi connectivity index (χ1) is 16.9. The summed E-state index contributed by atoms with van der Waals surface area (Å²) in [6.45, 7) is 7.75. The number of methoxy groups -OCH3 is 1. The molecule has 2 saturated carbocycles. The Kier molecular flexibility index (Phi) is 4.70. The van der Waals surface area contributed by atoms with E-state index in [0.717, 1.165) is 0 Å². The molecule has 9 nitrogen and oxygen atoms in total. The number of hydrogen-bond donors (Lipinski definition) is 1. The van der Waals surface area contributed by atoms with Crippen LogP contribution in [-0.4, -0.2) is 60.0 Å². The SMILES string of the molecule is COC(=O)C=C[C@@]12COC(C)(C)[C@@H]1C(=O)[C@H](O)[C@]1(C)C2CC[C@@]2(C)[C@H](c3ccoc3)OC(=O)[C@H]3O[C@]321. The molecule has 4 heterocycles. The lowest BCUT2D eigenvalue weighted by Crippen LogP contribution is -2.74. The molecular weight excluding hydrogens is 468 g/mol. The van der Waals surface area contributed by atoms with E-state index in [9.17, 15) is 19.5 Å². The number of carbonyl (C=O) groups excluding carboxylic acids is 3. The first-order valence-corrected chi connectivity index (χ1v) is 12.4. The van der Waals surface area contributed by atoms with E-state index in [2.05, 4.69) is 0 Å². The fraction of sp³-hybridized carbons (Fsp3) is 0.667. The summed E-state index contributed by atoms with van der Waals surface area (Å²) in [5.74, 6) is -2.41. The molecule has 0 radical (unpaired) electrons. The van der Waals surface area contributed by atoms with Crippen molar-refractivity contribution >= 4 is 17.7 Å². The number of esters is 2. The molecule has 3 saturated heterocycles. The van der Waals surface area contributed by atoms with Crippen LogP contribution in [-0.2, 0) is 33.3 Å². The zero-order chi connectivity index (χ0) is 25.9. The highest BCUT2D eigenvalue weighted by atomic mass is 16.7. The Bertz CT molecular complexity index is 1170.